The first-order valence-corrected chi connectivity index (χ1v) is 9.78. The van der Waals surface area contributed by atoms with Gasteiger partial charge in [0.15, 0.2) is 0 Å². The number of carbonyl (C=O) groups is 1. The molecule has 0 aliphatic carbocycles. The molecule has 29 heavy (non-hydrogen) atoms. The Morgan fingerprint density at radius 1 is 1.24 bits per heavy atom. The Bertz CT molecular complexity index is 683. The number of halogens is 3. The molecule has 2 aliphatic heterocycles. The first-order chi connectivity index (χ1) is 13.8. The van der Waals surface area contributed by atoms with Gasteiger partial charge in [0.1, 0.15) is 0 Å². The van der Waals surface area contributed by atoms with Crippen molar-refractivity contribution < 1.29 is 32.5 Å². The number of benzene rings is 1. The van der Waals surface area contributed by atoms with Crippen molar-refractivity contribution in [3.8, 4) is 0 Å². The lowest BCUT2D eigenvalue weighted by atomic mass is 9.94. The van der Waals surface area contributed by atoms with E-state index in [1.54, 1.807) is 7.05 Å². The van der Waals surface area contributed by atoms with Crippen molar-refractivity contribution in [1.29, 1.82) is 0 Å². The number of β-amino-alcohol motifs (C(OH)–C–C–N with tert-alkyl or cyclic N) is 1. The molecule has 2 saturated heterocycles. The predicted octanol–water partition coefficient (Wildman–Crippen LogP) is 1.95. The van der Waals surface area contributed by atoms with Crippen molar-refractivity contribution in [1.82, 2.24) is 10.2 Å². The van der Waals surface area contributed by atoms with E-state index in [4.69, 9.17) is 9.47 Å². The Kier molecular flexibility index (Phi) is 7.15. The molecule has 2 N–H and O–H groups in total. The van der Waals surface area contributed by atoms with Gasteiger partial charge in [-0.25, -0.2) is 0 Å². The molecule has 0 unspecified atom stereocenters. The lowest BCUT2D eigenvalue weighted by Crippen LogP contribution is -2.55. The van der Waals surface area contributed by atoms with Crippen LogP contribution < -0.4 is 5.32 Å². The smallest absolute Gasteiger partial charge is 0.389 e. The lowest BCUT2D eigenvalue weighted by Gasteiger charge is -2.44. The lowest BCUT2D eigenvalue weighted by molar-refractivity contribution is -0.158. The topological polar surface area (TPSA) is 71.0 Å². The second-order valence-corrected chi connectivity index (χ2v) is 7.63. The SMILES string of the molecule is CNC(=O)C[C@H]1CC[C@H]2[C@@H](COC[C@@H](O)CN2Cc2ccc(C(F)(F)F)cc2)O1. The predicted molar refractivity (Wildman–Crippen MR) is 99.0 cm³/mol. The van der Waals surface area contributed by atoms with Crippen LogP contribution in [0.1, 0.15) is 30.4 Å². The van der Waals surface area contributed by atoms with Gasteiger partial charge in [0, 0.05) is 26.2 Å². The van der Waals surface area contributed by atoms with Crippen molar-refractivity contribution in [3.05, 3.63) is 35.4 Å². The number of carbonyl (C=O) groups excluding carboxylic acids is 1. The number of hydrogen-bond donors (Lipinski definition) is 2. The zero-order valence-electron chi connectivity index (χ0n) is 16.3. The molecule has 0 saturated carbocycles. The summed E-state index contributed by atoms with van der Waals surface area (Å²) in [5.74, 6) is -0.0859. The van der Waals surface area contributed by atoms with Crippen LogP contribution in [0, 0.1) is 0 Å². The van der Waals surface area contributed by atoms with Crippen LogP contribution in [0.2, 0.25) is 0 Å². The van der Waals surface area contributed by atoms with E-state index in [9.17, 15) is 23.1 Å². The third kappa shape index (κ3) is 5.91. The quantitative estimate of drug-likeness (QED) is 0.785. The fourth-order valence-electron chi connectivity index (χ4n) is 3.97. The van der Waals surface area contributed by atoms with E-state index in [0.717, 1.165) is 24.1 Å². The van der Waals surface area contributed by atoms with Crippen LogP contribution in [0.3, 0.4) is 0 Å². The van der Waals surface area contributed by atoms with Crippen molar-refractivity contribution in [2.24, 2.45) is 0 Å². The van der Waals surface area contributed by atoms with Crippen LogP contribution in [0.5, 0.6) is 0 Å². The minimum Gasteiger partial charge on any atom is -0.389 e. The number of fused-ring (bicyclic) bond motifs is 1. The molecular formula is C20H27F3N2O4. The molecule has 6 nitrogen and oxygen atoms in total. The Hall–Kier alpha value is -1.68. The summed E-state index contributed by atoms with van der Waals surface area (Å²) in [6.45, 7) is 1.21. The van der Waals surface area contributed by atoms with Gasteiger partial charge in [-0.05, 0) is 30.5 Å². The largest absolute Gasteiger partial charge is 0.416 e. The summed E-state index contributed by atoms with van der Waals surface area (Å²) in [4.78, 5) is 13.7. The maximum absolute atomic E-state index is 12.8. The van der Waals surface area contributed by atoms with Crippen molar-refractivity contribution >= 4 is 5.91 Å². The van der Waals surface area contributed by atoms with Gasteiger partial charge >= 0.3 is 6.18 Å². The van der Waals surface area contributed by atoms with E-state index in [2.05, 4.69) is 10.2 Å². The third-order valence-corrected chi connectivity index (χ3v) is 5.45. The third-order valence-electron chi connectivity index (χ3n) is 5.45. The molecule has 0 bridgehead atoms. The molecule has 9 heteroatoms. The summed E-state index contributed by atoms with van der Waals surface area (Å²) in [7, 11) is 1.58. The van der Waals surface area contributed by atoms with E-state index >= 15 is 0 Å². The molecular weight excluding hydrogens is 389 g/mol. The number of hydrogen-bond acceptors (Lipinski definition) is 5. The summed E-state index contributed by atoms with van der Waals surface area (Å²) in [5, 5.41) is 12.8. The highest BCUT2D eigenvalue weighted by Crippen LogP contribution is 2.31. The van der Waals surface area contributed by atoms with E-state index in [0.29, 0.717) is 26.1 Å². The van der Waals surface area contributed by atoms with Crippen LogP contribution in [-0.2, 0) is 27.0 Å². The number of ether oxygens (including phenoxy) is 2. The van der Waals surface area contributed by atoms with Crippen molar-refractivity contribution in [2.75, 3.05) is 26.8 Å². The van der Waals surface area contributed by atoms with Gasteiger partial charge in [0.2, 0.25) is 5.91 Å². The van der Waals surface area contributed by atoms with Crippen molar-refractivity contribution in [3.63, 3.8) is 0 Å². The highest BCUT2D eigenvalue weighted by atomic mass is 19.4. The number of aliphatic hydroxyl groups excluding tert-OH is 1. The van der Waals surface area contributed by atoms with Gasteiger partial charge in [-0.2, -0.15) is 13.2 Å². The number of nitrogens with zero attached hydrogens (tertiary/aromatic N) is 1. The van der Waals surface area contributed by atoms with Crippen molar-refractivity contribution in [2.45, 2.75) is 56.3 Å². The molecule has 2 aliphatic rings. The minimum absolute atomic E-state index is 0.0480. The van der Waals surface area contributed by atoms with Crippen LogP contribution in [0.25, 0.3) is 0 Å². The molecule has 0 aromatic heterocycles. The molecule has 1 aromatic rings. The first-order valence-electron chi connectivity index (χ1n) is 9.78. The molecule has 3 rings (SSSR count). The highest BCUT2D eigenvalue weighted by Gasteiger charge is 2.38. The average molecular weight is 416 g/mol. The molecule has 4 atom stereocenters. The maximum atomic E-state index is 12.8. The summed E-state index contributed by atoms with van der Waals surface area (Å²) in [6.07, 6.45) is -3.79. The van der Waals surface area contributed by atoms with Gasteiger partial charge in [0.05, 0.1) is 43.5 Å². The molecule has 2 heterocycles. The average Bonchev–Trinajstić information content (AvgIpc) is 2.66. The minimum atomic E-state index is -4.37. The molecule has 1 amide bonds. The molecule has 162 valence electrons. The summed E-state index contributed by atoms with van der Waals surface area (Å²) < 4.78 is 50.1. The zero-order valence-corrected chi connectivity index (χ0v) is 16.3. The van der Waals surface area contributed by atoms with Gasteiger partial charge in [-0.15, -0.1) is 0 Å². The number of alkyl halides is 3. The Balaban J connectivity index is 1.71. The van der Waals surface area contributed by atoms with Gasteiger partial charge < -0.3 is 19.9 Å². The van der Waals surface area contributed by atoms with E-state index in [-0.39, 0.29) is 37.2 Å². The fraction of sp³-hybridized carbons (Fsp3) is 0.650. The molecule has 0 radical (unpaired) electrons. The zero-order chi connectivity index (χ0) is 21.0. The Labute approximate surface area is 168 Å². The Morgan fingerprint density at radius 3 is 2.62 bits per heavy atom. The summed E-state index contributed by atoms with van der Waals surface area (Å²) in [5.41, 5.74) is 0.0520. The summed E-state index contributed by atoms with van der Waals surface area (Å²) in [6, 6.07) is 5.04. The Morgan fingerprint density at radius 2 is 1.97 bits per heavy atom. The first kappa shape index (κ1) is 22.0. The maximum Gasteiger partial charge on any atom is 0.416 e. The summed E-state index contributed by atoms with van der Waals surface area (Å²) >= 11 is 0. The van der Waals surface area contributed by atoms with E-state index < -0.39 is 17.8 Å². The highest BCUT2D eigenvalue weighted by molar-refractivity contribution is 5.76. The molecule has 1 aromatic carbocycles. The molecule has 0 spiro atoms. The van der Waals surface area contributed by atoms with E-state index in [1.807, 2.05) is 0 Å². The van der Waals surface area contributed by atoms with Gasteiger partial charge in [0.25, 0.3) is 0 Å². The fourth-order valence-corrected chi connectivity index (χ4v) is 3.97. The second-order valence-electron chi connectivity index (χ2n) is 7.63. The van der Waals surface area contributed by atoms with E-state index in [1.165, 1.54) is 12.1 Å². The second kappa shape index (κ2) is 9.42. The normalized spacial score (nSPS) is 28.9. The number of rotatable bonds is 4. The van der Waals surface area contributed by atoms with Gasteiger partial charge in [-0.1, -0.05) is 12.1 Å². The molecule has 2 fully saturated rings. The van der Waals surface area contributed by atoms with Crippen LogP contribution in [0.4, 0.5) is 13.2 Å². The standard InChI is InChI=1S/C20H27F3N2O4/c1-24-19(27)8-16-6-7-17-18(29-16)12-28-11-15(26)10-25(17)9-13-2-4-14(5-3-13)20(21,22)23/h2-5,15-18,26H,6-12H2,1H3,(H,24,27)/t15-,16+,17-,18+/m0/s1. The monoisotopic (exact) mass is 416 g/mol. The number of nitrogens with one attached hydrogen (secondary N) is 1. The van der Waals surface area contributed by atoms with Gasteiger partial charge in [-0.3, -0.25) is 9.69 Å². The van der Waals surface area contributed by atoms with Crippen LogP contribution in [0.15, 0.2) is 24.3 Å². The van der Waals surface area contributed by atoms with Crippen LogP contribution >= 0.6 is 0 Å². The number of amides is 1. The number of aliphatic hydroxyl groups is 1. The van der Waals surface area contributed by atoms with Crippen LogP contribution in [-0.4, -0.2) is 67.1 Å².